The molecule has 2 N–H and O–H groups in total. The number of nitrogen functional groups attached to an aromatic ring is 1. The van der Waals surface area contributed by atoms with E-state index >= 15 is 0 Å². The van der Waals surface area contributed by atoms with Gasteiger partial charge in [0.1, 0.15) is 0 Å². The van der Waals surface area contributed by atoms with Gasteiger partial charge in [0, 0.05) is 10.6 Å². The lowest BCUT2D eigenvalue weighted by Crippen LogP contribution is -2.18. The Morgan fingerprint density at radius 3 is 2.54 bits per heavy atom. The Morgan fingerprint density at radius 1 is 1.31 bits per heavy atom. The molecule has 0 aliphatic rings. The predicted octanol–water partition coefficient (Wildman–Crippen LogP) is 2.75. The summed E-state index contributed by atoms with van der Waals surface area (Å²) in [5.74, 6) is 0. The lowest BCUT2D eigenvalue weighted by molar-refractivity contribution is 0.485. The van der Waals surface area contributed by atoms with Crippen molar-refractivity contribution in [1.82, 2.24) is 0 Å². The van der Waals surface area contributed by atoms with Gasteiger partial charge in [0.25, 0.3) is 0 Å². The van der Waals surface area contributed by atoms with Gasteiger partial charge in [-0.3, -0.25) is 0 Å². The summed E-state index contributed by atoms with van der Waals surface area (Å²) in [4.78, 5) is 0.555. The molecule has 0 saturated heterocycles. The van der Waals surface area contributed by atoms with Crippen molar-refractivity contribution in [2.45, 2.75) is 4.90 Å². The van der Waals surface area contributed by atoms with Crippen LogP contribution in [0.4, 0.5) is 18.6 Å². The minimum Gasteiger partial charge on any atom is -0.448 e. The lowest BCUT2D eigenvalue weighted by atomic mass is 9.98. The maximum Gasteiger partial charge on any atom is 0.488 e. The molecule has 0 aliphatic carbocycles. The Labute approximate surface area is 78.6 Å². The molecule has 0 saturated carbocycles. The highest BCUT2D eigenvalue weighted by Crippen LogP contribution is 2.25. The zero-order valence-electron chi connectivity index (χ0n) is 6.71. The third kappa shape index (κ3) is 4.12. The van der Waals surface area contributed by atoms with E-state index in [9.17, 15) is 12.9 Å². The van der Waals surface area contributed by atoms with Crippen molar-refractivity contribution in [1.29, 1.82) is 0 Å². The van der Waals surface area contributed by atoms with Crippen molar-refractivity contribution in [3.8, 4) is 0 Å². The summed E-state index contributed by atoms with van der Waals surface area (Å²) in [7, 11) is 0. The highest BCUT2D eigenvalue weighted by molar-refractivity contribution is 8.00. The van der Waals surface area contributed by atoms with E-state index in [1.807, 2.05) is 0 Å². The van der Waals surface area contributed by atoms with Crippen LogP contribution in [-0.2, 0) is 0 Å². The van der Waals surface area contributed by atoms with Crippen molar-refractivity contribution >= 4 is 24.4 Å². The first-order valence-corrected chi connectivity index (χ1v) is 4.65. The van der Waals surface area contributed by atoms with Crippen LogP contribution < -0.4 is 5.73 Å². The van der Waals surface area contributed by atoms with Crippen LogP contribution in [0.25, 0.3) is 0 Å². The molecular formula is C7H8BF3NS-. The Morgan fingerprint density at radius 2 is 2.00 bits per heavy atom. The molecule has 0 atom stereocenters. The van der Waals surface area contributed by atoms with Gasteiger partial charge in [0.15, 0.2) is 0 Å². The zero-order valence-corrected chi connectivity index (χ0v) is 7.53. The van der Waals surface area contributed by atoms with Crippen molar-refractivity contribution < 1.29 is 12.9 Å². The summed E-state index contributed by atoms with van der Waals surface area (Å²) in [5.41, 5.74) is 5.08. The third-order valence-corrected chi connectivity index (χ3v) is 2.43. The molecule has 0 unspecified atom stereocenters. The molecule has 6 heteroatoms. The van der Waals surface area contributed by atoms with Gasteiger partial charge in [-0.15, -0.1) is 0 Å². The predicted molar refractivity (Wildman–Crippen MR) is 50.7 cm³/mol. The fourth-order valence-corrected chi connectivity index (χ4v) is 1.57. The highest BCUT2D eigenvalue weighted by atomic mass is 32.2. The Bertz CT molecular complexity index is 289. The van der Waals surface area contributed by atoms with Crippen molar-refractivity contribution in [2.24, 2.45) is 0 Å². The maximum atomic E-state index is 11.9. The van der Waals surface area contributed by atoms with Crippen LogP contribution in [0.15, 0.2) is 29.2 Å². The van der Waals surface area contributed by atoms with E-state index < -0.39 is 12.6 Å². The minimum absolute atomic E-state index is 0.486. The number of hydrogen-bond donors (Lipinski definition) is 1. The monoisotopic (exact) mass is 206 g/mol. The van der Waals surface area contributed by atoms with Gasteiger partial charge in [-0.1, -0.05) is 6.07 Å². The van der Waals surface area contributed by atoms with Gasteiger partial charge in [-0.2, -0.15) is 11.8 Å². The molecule has 1 nitrogen and oxygen atoms in total. The molecule has 0 radical (unpaired) electrons. The quantitative estimate of drug-likeness (QED) is 0.467. The lowest BCUT2D eigenvalue weighted by Gasteiger charge is -2.12. The summed E-state index contributed by atoms with van der Waals surface area (Å²) < 4.78 is 35.6. The topological polar surface area (TPSA) is 26.0 Å². The summed E-state index contributed by atoms with van der Waals surface area (Å²) in [5, 5.41) is 0. The van der Waals surface area contributed by atoms with E-state index in [4.69, 9.17) is 5.73 Å². The van der Waals surface area contributed by atoms with Gasteiger partial charge in [0.2, 0.25) is 0 Å². The van der Waals surface area contributed by atoms with E-state index in [0.717, 1.165) is 11.8 Å². The smallest absolute Gasteiger partial charge is 0.448 e. The van der Waals surface area contributed by atoms with Crippen LogP contribution in [0, 0.1) is 0 Å². The van der Waals surface area contributed by atoms with Crippen LogP contribution in [0.5, 0.6) is 0 Å². The van der Waals surface area contributed by atoms with Crippen molar-refractivity contribution in [3.63, 3.8) is 0 Å². The number of hydrogen-bond acceptors (Lipinski definition) is 2. The molecule has 72 valence electrons. The SMILES string of the molecule is Nc1cccc(SC[B-](F)(F)F)c1. The summed E-state index contributed by atoms with van der Waals surface area (Å²) in [6.07, 6.45) is 0. The third-order valence-electron chi connectivity index (χ3n) is 1.30. The molecule has 1 aromatic rings. The Hall–Kier alpha value is -0.775. The summed E-state index contributed by atoms with van der Waals surface area (Å²) in [6.45, 7) is -4.72. The summed E-state index contributed by atoms with van der Waals surface area (Å²) >= 11 is 0.764. The van der Waals surface area contributed by atoms with Gasteiger partial charge in [0.05, 0.1) is 0 Å². The molecule has 0 aliphatic heterocycles. The van der Waals surface area contributed by atoms with Crippen LogP contribution in [0.1, 0.15) is 0 Å². The van der Waals surface area contributed by atoms with Crippen molar-refractivity contribution in [2.75, 3.05) is 11.4 Å². The van der Waals surface area contributed by atoms with E-state index in [0.29, 0.717) is 10.6 Å². The second kappa shape index (κ2) is 3.96. The normalized spacial score (nSPS) is 11.6. The maximum absolute atomic E-state index is 11.9. The molecule has 13 heavy (non-hydrogen) atoms. The van der Waals surface area contributed by atoms with Crippen LogP contribution in [0.3, 0.4) is 0 Å². The number of nitrogens with two attached hydrogens (primary N) is 1. The zero-order chi connectivity index (χ0) is 9.90. The number of anilines is 1. The Kier molecular flexibility index (Phi) is 3.14. The minimum atomic E-state index is -4.72. The molecule has 0 heterocycles. The van der Waals surface area contributed by atoms with Crippen LogP contribution >= 0.6 is 11.8 Å². The van der Waals surface area contributed by atoms with E-state index in [1.165, 1.54) is 6.07 Å². The molecule has 0 amide bonds. The highest BCUT2D eigenvalue weighted by Gasteiger charge is 2.22. The fraction of sp³-hybridized carbons (Fsp3) is 0.143. The van der Waals surface area contributed by atoms with Gasteiger partial charge in [-0.05, 0) is 23.9 Å². The first kappa shape index (κ1) is 10.3. The molecule has 0 bridgehead atoms. The fourth-order valence-electron chi connectivity index (χ4n) is 0.795. The van der Waals surface area contributed by atoms with Crippen LogP contribution in [0.2, 0.25) is 0 Å². The second-order valence-corrected chi connectivity index (χ2v) is 3.69. The average Bonchev–Trinajstić information content (AvgIpc) is 2.00. The first-order chi connectivity index (χ1) is 5.97. The molecular weight excluding hydrogens is 198 g/mol. The molecule has 1 aromatic carbocycles. The van der Waals surface area contributed by atoms with E-state index in [1.54, 1.807) is 18.2 Å². The largest absolute Gasteiger partial charge is 0.488 e. The molecule has 0 aromatic heterocycles. The number of benzene rings is 1. The number of halogens is 3. The van der Waals surface area contributed by atoms with E-state index in [2.05, 4.69) is 0 Å². The van der Waals surface area contributed by atoms with Gasteiger partial charge < -0.3 is 18.7 Å². The molecule has 1 rings (SSSR count). The second-order valence-electron chi connectivity index (χ2n) is 2.59. The average molecular weight is 206 g/mol. The van der Waals surface area contributed by atoms with Gasteiger partial charge in [-0.25, -0.2) is 0 Å². The Balaban J connectivity index is 2.55. The first-order valence-electron chi connectivity index (χ1n) is 3.67. The molecule has 0 fully saturated rings. The van der Waals surface area contributed by atoms with Gasteiger partial charge >= 0.3 is 6.98 Å². The number of thioether (sulfide) groups is 1. The summed E-state index contributed by atoms with van der Waals surface area (Å²) in [6, 6.07) is 6.43. The van der Waals surface area contributed by atoms with Crippen LogP contribution in [-0.4, -0.2) is 12.6 Å². The molecule has 0 spiro atoms. The number of rotatable bonds is 3. The van der Waals surface area contributed by atoms with Crippen molar-refractivity contribution in [3.05, 3.63) is 24.3 Å². The standard InChI is InChI=1S/C7H8BF3NS/c9-8(10,11)5-13-7-3-1-2-6(12)4-7/h1-4H,5,12H2/q-1. The van der Waals surface area contributed by atoms with E-state index in [-0.39, 0.29) is 0 Å².